The van der Waals surface area contributed by atoms with Crippen molar-refractivity contribution >= 4 is 13.6 Å². The number of aliphatic carboxylic acids is 1. The fourth-order valence-electron chi connectivity index (χ4n) is 1.59. The summed E-state index contributed by atoms with van der Waals surface area (Å²) in [5, 5.41) is 9.05. The van der Waals surface area contributed by atoms with Gasteiger partial charge in [0.25, 0.3) is 0 Å². The Hall–Kier alpha value is -0.380. The number of carbonyl (C=O) groups is 1. The summed E-state index contributed by atoms with van der Waals surface area (Å²) >= 11 is 0. The van der Waals surface area contributed by atoms with E-state index in [-0.39, 0.29) is 6.16 Å². The zero-order chi connectivity index (χ0) is 13.0. The summed E-state index contributed by atoms with van der Waals surface area (Å²) in [7, 11) is -4.16. The molecule has 0 rings (SSSR count). The molecule has 96 valence electrons. The van der Waals surface area contributed by atoms with Gasteiger partial charge in [-0.25, -0.2) is 0 Å². The minimum absolute atomic E-state index is 0.355. The smallest absolute Gasteiger partial charge is 0.325 e. The van der Waals surface area contributed by atoms with Crippen LogP contribution in [0.2, 0.25) is 0 Å². The van der Waals surface area contributed by atoms with Gasteiger partial charge >= 0.3 is 13.6 Å². The Kier molecular flexibility index (Phi) is 5.66. The van der Waals surface area contributed by atoms with Gasteiger partial charge in [0.2, 0.25) is 0 Å². The number of rotatable bonds is 7. The summed E-state index contributed by atoms with van der Waals surface area (Å²) in [5.74, 6) is -1.51. The summed E-state index contributed by atoms with van der Waals surface area (Å²) in [6, 6.07) is 0. The molecule has 1 atom stereocenters. The molecule has 1 unspecified atom stereocenters. The number of hydrogen-bond donors (Lipinski definition) is 3. The average molecular weight is 252 g/mol. The van der Waals surface area contributed by atoms with Crippen LogP contribution in [0.25, 0.3) is 0 Å². The minimum atomic E-state index is -4.16. The molecule has 6 heteroatoms. The van der Waals surface area contributed by atoms with Crippen molar-refractivity contribution in [3.63, 3.8) is 0 Å². The molecule has 0 heterocycles. The highest BCUT2D eigenvalue weighted by Gasteiger charge is 2.39. The molecule has 0 amide bonds. The summed E-state index contributed by atoms with van der Waals surface area (Å²) in [5.41, 5.74) is -1.10. The fraction of sp³-hybridized carbons (Fsp3) is 0.900. The third kappa shape index (κ3) is 5.10. The molecule has 3 N–H and O–H groups in total. The van der Waals surface area contributed by atoms with Gasteiger partial charge < -0.3 is 14.9 Å². The molecule has 5 nitrogen and oxygen atoms in total. The molecule has 0 aromatic carbocycles. The van der Waals surface area contributed by atoms with Gasteiger partial charge in [-0.2, -0.15) is 0 Å². The van der Waals surface area contributed by atoms with Gasteiger partial charge in [0.1, 0.15) is 0 Å². The first-order chi connectivity index (χ1) is 7.11. The number of unbranched alkanes of at least 4 members (excludes halogenated alkanes) is 1. The van der Waals surface area contributed by atoms with E-state index in [4.69, 9.17) is 14.9 Å². The largest absolute Gasteiger partial charge is 0.481 e. The first-order valence-electron chi connectivity index (χ1n) is 5.39. The predicted octanol–water partition coefficient (Wildman–Crippen LogP) is 2.08. The lowest BCUT2D eigenvalue weighted by molar-refractivity contribution is -0.149. The van der Waals surface area contributed by atoms with Crippen LogP contribution in [-0.2, 0) is 9.36 Å². The van der Waals surface area contributed by atoms with Crippen molar-refractivity contribution in [1.29, 1.82) is 0 Å². The van der Waals surface area contributed by atoms with E-state index in [0.717, 1.165) is 12.8 Å². The third-order valence-electron chi connectivity index (χ3n) is 2.94. The van der Waals surface area contributed by atoms with Crippen molar-refractivity contribution in [3.8, 4) is 0 Å². The van der Waals surface area contributed by atoms with Crippen molar-refractivity contribution < 1.29 is 24.3 Å². The molecule has 0 aromatic rings. The molecular weight excluding hydrogens is 231 g/mol. The standard InChI is InChI=1S/C10H21O5P/c1-4-5-6-8(7-16(13,14)15)10(2,3)9(11)12/h8H,4-7H2,1-3H3,(H,11,12)(H2,13,14,15). The van der Waals surface area contributed by atoms with Gasteiger partial charge in [0.15, 0.2) is 0 Å². The summed E-state index contributed by atoms with van der Waals surface area (Å²) in [6.45, 7) is 5.00. The first kappa shape index (κ1) is 15.6. The van der Waals surface area contributed by atoms with Crippen LogP contribution in [-0.4, -0.2) is 27.0 Å². The average Bonchev–Trinajstić information content (AvgIpc) is 2.09. The lowest BCUT2D eigenvalue weighted by Crippen LogP contribution is -2.35. The Balaban J connectivity index is 4.79. The number of hydrogen-bond acceptors (Lipinski definition) is 2. The van der Waals surface area contributed by atoms with Crippen molar-refractivity contribution in [1.82, 2.24) is 0 Å². The van der Waals surface area contributed by atoms with Crippen LogP contribution in [0.4, 0.5) is 0 Å². The van der Waals surface area contributed by atoms with Gasteiger partial charge in [0, 0.05) is 0 Å². The van der Waals surface area contributed by atoms with Crippen LogP contribution in [0.5, 0.6) is 0 Å². The van der Waals surface area contributed by atoms with E-state index in [9.17, 15) is 9.36 Å². The minimum Gasteiger partial charge on any atom is -0.481 e. The van der Waals surface area contributed by atoms with Crippen LogP contribution in [0.3, 0.4) is 0 Å². The molecule has 16 heavy (non-hydrogen) atoms. The Bertz CT molecular complexity index is 281. The fourth-order valence-corrected chi connectivity index (χ4v) is 2.81. The zero-order valence-corrected chi connectivity index (χ0v) is 10.9. The van der Waals surface area contributed by atoms with Crippen molar-refractivity contribution in [2.75, 3.05) is 6.16 Å². The van der Waals surface area contributed by atoms with Crippen molar-refractivity contribution in [2.45, 2.75) is 40.0 Å². The first-order valence-corrected chi connectivity index (χ1v) is 7.19. The van der Waals surface area contributed by atoms with Crippen LogP contribution < -0.4 is 0 Å². The molecule has 0 aliphatic carbocycles. The Morgan fingerprint density at radius 3 is 2.19 bits per heavy atom. The van der Waals surface area contributed by atoms with Crippen LogP contribution in [0.1, 0.15) is 40.0 Å². The van der Waals surface area contributed by atoms with E-state index in [2.05, 4.69) is 0 Å². The molecule has 0 saturated carbocycles. The molecule has 0 aliphatic rings. The van der Waals surface area contributed by atoms with E-state index >= 15 is 0 Å². The molecule has 0 spiro atoms. The van der Waals surface area contributed by atoms with Crippen LogP contribution in [0, 0.1) is 11.3 Å². The zero-order valence-electron chi connectivity index (χ0n) is 10.0. The molecule has 0 aromatic heterocycles. The van der Waals surface area contributed by atoms with Gasteiger partial charge in [-0.05, 0) is 26.2 Å². The Labute approximate surface area is 96.0 Å². The van der Waals surface area contributed by atoms with Crippen LogP contribution in [0.15, 0.2) is 0 Å². The second kappa shape index (κ2) is 5.80. The molecule has 0 radical (unpaired) electrons. The van der Waals surface area contributed by atoms with E-state index in [1.165, 1.54) is 13.8 Å². The SMILES string of the molecule is CCCCC(CP(=O)(O)O)C(C)(C)C(=O)O. The van der Waals surface area contributed by atoms with E-state index in [1.807, 2.05) is 6.92 Å². The predicted molar refractivity (Wildman–Crippen MR) is 61.3 cm³/mol. The second-order valence-electron chi connectivity index (χ2n) is 4.71. The molecule has 0 aliphatic heterocycles. The molecular formula is C10H21O5P. The van der Waals surface area contributed by atoms with Gasteiger partial charge in [-0.15, -0.1) is 0 Å². The topological polar surface area (TPSA) is 94.8 Å². The lowest BCUT2D eigenvalue weighted by Gasteiger charge is -2.30. The lowest BCUT2D eigenvalue weighted by atomic mass is 9.77. The number of carboxylic acids is 1. The van der Waals surface area contributed by atoms with Crippen LogP contribution >= 0.6 is 7.60 Å². The quantitative estimate of drug-likeness (QED) is 0.603. The highest BCUT2D eigenvalue weighted by atomic mass is 31.2. The van der Waals surface area contributed by atoms with Crippen molar-refractivity contribution in [2.24, 2.45) is 11.3 Å². The summed E-state index contributed by atoms with van der Waals surface area (Å²) in [6.07, 6.45) is 1.84. The Morgan fingerprint density at radius 1 is 1.38 bits per heavy atom. The second-order valence-corrected chi connectivity index (χ2v) is 6.41. The highest BCUT2D eigenvalue weighted by Crippen LogP contribution is 2.44. The van der Waals surface area contributed by atoms with E-state index < -0.39 is 24.9 Å². The maximum Gasteiger partial charge on any atom is 0.325 e. The summed E-state index contributed by atoms with van der Waals surface area (Å²) < 4.78 is 11.0. The summed E-state index contributed by atoms with van der Waals surface area (Å²) in [4.78, 5) is 29.0. The molecule has 0 fully saturated rings. The van der Waals surface area contributed by atoms with E-state index in [0.29, 0.717) is 6.42 Å². The maximum absolute atomic E-state index is 11.1. The van der Waals surface area contributed by atoms with Gasteiger partial charge in [-0.1, -0.05) is 19.8 Å². The molecule has 0 saturated heterocycles. The number of carboxylic acid groups (broad SMARTS) is 1. The monoisotopic (exact) mass is 252 g/mol. The molecule has 0 bridgehead atoms. The third-order valence-corrected chi connectivity index (χ3v) is 3.85. The van der Waals surface area contributed by atoms with Gasteiger partial charge in [0.05, 0.1) is 11.6 Å². The van der Waals surface area contributed by atoms with E-state index in [1.54, 1.807) is 0 Å². The maximum atomic E-state index is 11.1. The van der Waals surface area contributed by atoms with Gasteiger partial charge in [-0.3, -0.25) is 9.36 Å². The van der Waals surface area contributed by atoms with Crippen molar-refractivity contribution in [3.05, 3.63) is 0 Å². The normalized spacial score (nSPS) is 14.8. The highest BCUT2D eigenvalue weighted by molar-refractivity contribution is 7.51. The Morgan fingerprint density at radius 2 is 1.88 bits per heavy atom.